The fraction of sp³-hybridized carbons (Fsp3) is 0.667. The van der Waals surface area contributed by atoms with Gasteiger partial charge in [-0.05, 0) is 27.6 Å². The van der Waals surface area contributed by atoms with E-state index in [2.05, 4.69) is 10.6 Å². The zero-order valence-electron chi connectivity index (χ0n) is 17.5. The van der Waals surface area contributed by atoms with Crippen LogP contribution >= 0.6 is 0 Å². The van der Waals surface area contributed by atoms with Gasteiger partial charge < -0.3 is 26.8 Å². The van der Waals surface area contributed by atoms with E-state index in [1.165, 1.54) is 6.92 Å². The fourth-order valence-corrected chi connectivity index (χ4v) is 1.10. The molecule has 6 N–H and O–H groups in total. The number of nitrogens with two attached hydrogens (primary N) is 1. The average molecular weight is 308 g/mol. The van der Waals surface area contributed by atoms with Crippen molar-refractivity contribution in [2.24, 2.45) is 5.73 Å². The Morgan fingerprint density at radius 2 is 1.33 bits per heavy atom. The van der Waals surface area contributed by atoms with Crippen molar-refractivity contribution in [1.29, 1.82) is 0 Å². The van der Waals surface area contributed by atoms with E-state index in [4.69, 9.17) is 19.1 Å². The maximum absolute atomic E-state index is 12.0. The predicted molar refractivity (Wildman–Crippen MR) is 74.1 cm³/mol. The van der Waals surface area contributed by atoms with Crippen molar-refractivity contribution in [3.8, 4) is 0 Å². The smallest absolute Gasteiger partial charge is 0.325 e. The number of carboxylic acid groups (broad SMARTS) is 1. The van der Waals surface area contributed by atoms with Gasteiger partial charge in [0.25, 0.3) is 0 Å². The maximum Gasteiger partial charge on any atom is 0.325 e. The highest BCUT2D eigenvalue weighted by molar-refractivity contribution is 5.93. The van der Waals surface area contributed by atoms with Crippen molar-refractivity contribution in [2.75, 3.05) is 0 Å². The van der Waals surface area contributed by atoms with Gasteiger partial charge in [0.1, 0.15) is 18.1 Å². The number of nitrogens with one attached hydrogen (secondary N) is 3. The summed E-state index contributed by atoms with van der Waals surface area (Å²) in [7, 11) is 0. The molecule has 3 amide bonds. The standard InChI is InChI=1S/C12H22N4O5/c1-5(13)9(17)14-6(2)10(18)15-7(3)11(19)16-8(4)12(20)21/h5-8H,13H2,1-4H3,(H,14,17)(H,15,18)(H,16,19)(H,20,21)/t5-,6-,7-,8-/m0/s1/i1D3,4D3. The predicted octanol–water partition coefficient (Wildman–Crippen LogP) is -2.07. The van der Waals surface area contributed by atoms with Gasteiger partial charge in [-0.2, -0.15) is 0 Å². The minimum absolute atomic E-state index is 0.899. The third-order valence-corrected chi connectivity index (χ3v) is 2.32. The Kier molecular flexibility index (Phi) is 4.12. The fourth-order valence-electron chi connectivity index (χ4n) is 1.10. The Bertz CT molecular complexity index is 594. The molecule has 4 atom stereocenters. The van der Waals surface area contributed by atoms with Crippen LogP contribution in [0.5, 0.6) is 0 Å². The summed E-state index contributed by atoms with van der Waals surface area (Å²) in [5, 5.41) is 14.8. The molecular formula is C12H22N4O5. The van der Waals surface area contributed by atoms with Crippen LogP contribution in [0.15, 0.2) is 0 Å². The van der Waals surface area contributed by atoms with Crippen LogP contribution in [0.3, 0.4) is 0 Å². The second kappa shape index (κ2) is 8.20. The molecule has 0 bridgehead atoms. The molecule has 0 spiro atoms. The first-order valence-electron chi connectivity index (χ1n) is 8.88. The van der Waals surface area contributed by atoms with Gasteiger partial charge in [-0.15, -0.1) is 0 Å². The average Bonchev–Trinajstić information content (AvgIpc) is 2.48. The van der Waals surface area contributed by atoms with Gasteiger partial charge >= 0.3 is 5.97 Å². The molecule has 0 unspecified atom stereocenters. The van der Waals surface area contributed by atoms with Gasteiger partial charge in [0, 0.05) is 8.22 Å². The van der Waals surface area contributed by atoms with Gasteiger partial charge in [0.05, 0.1) is 6.04 Å². The van der Waals surface area contributed by atoms with E-state index in [0.717, 1.165) is 6.92 Å². The molecule has 0 aliphatic rings. The van der Waals surface area contributed by atoms with Crippen molar-refractivity contribution < 1.29 is 32.5 Å². The SMILES string of the molecule is [2H]C([2H])([2H])[C@H](N)C(=O)N[C@@H](C)C(=O)N[C@@H](C)C(=O)N[C@H](C(=O)O)C([2H])([2H])[2H]. The summed E-state index contributed by atoms with van der Waals surface area (Å²) in [5.41, 5.74) is 5.24. The normalized spacial score (nSPS) is 21.5. The lowest BCUT2D eigenvalue weighted by atomic mass is 10.2. The van der Waals surface area contributed by atoms with E-state index in [1.54, 1.807) is 5.32 Å². The number of amides is 3. The molecule has 0 saturated heterocycles. The number of aliphatic carboxylic acids is 1. The lowest BCUT2D eigenvalue weighted by molar-refractivity contribution is -0.141. The molecule has 0 saturated carbocycles. The minimum Gasteiger partial charge on any atom is -0.480 e. The Balaban J connectivity index is 4.83. The first-order valence-corrected chi connectivity index (χ1v) is 5.88. The quantitative estimate of drug-likeness (QED) is 0.364. The van der Waals surface area contributed by atoms with E-state index >= 15 is 0 Å². The van der Waals surface area contributed by atoms with Gasteiger partial charge in [-0.3, -0.25) is 19.2 Å². The number of hydrogen-bond acceptors (Lipinski definition) is 5. The highest BCUT2D eigenvalue weighted by Gasteiger charge is 2.23. The molecule has 0 aromatic heterocycles. The molecule has 21 heavy (non-hydrogen) atoms. The lowest BCUT2D eigenvalue weighted by Gasteiger charge is -2.19. The van der Waals surface area contributed by atoms with Crippen LogP contribution < -0.4 is 21.7 Å². The Labute approximate surface area is 131 Å². The van der Waals surface area contributed by atoms with E-state index in [0.29, 0.717) is 0 Å². The first-order chi connectivity index (χ1) is 12.0. The molecule has 0 aliphatic carbocycles. The van der Waals surface area contributed by atoms with Gasteiger partial charge in [0.2, 0.25) is 17.7 Å². The topological polar surface area (TPSA) is 151 Å². The molecule has 120 valence electrons. The van der Waals surface area contributed by atoms with Crippen molar-refractivity contribution in [2.45, 2.75) is 51.7 Å². The van der Waals surface area contributed by atoms with E-state index < -0.39 is 61.6 Å². The van der Waals surface area contributed by atoms with Gasteiger partial charge in [0.15, 0.2) is 0 Å². The zero-order valence-corrected chi connectivity index (χ0v) is 11.5. The number of carbonyl (C=O) groups excluding carboxylic acids is 3. The molecule has 0 heterocycles. The Morgan fingerprint density at radius 3 is 1.71 bits per heavy atom. The van der Waals surface area contributed by atoms with Gasteiger partial charge in [-0.25, -0.2) is 0 Å². The summed E-state index contributed by atoms with van der Waals surface area (Å²) in [4.78, 5) is 46.5. The third kappa shape index (κ3) is 6.70. The third-order valence-electron chi connectivity index (χ3n) is 2.32. The zero-order chi connectivity index (χ0) is 21.7. The summed E-state index contributed by atoms with van der Waals surface area (Å²) in [5.74, 6) is -4.86. The summed E-state index contributed by atoms with van der Waals surface area (Å²) in [6, 6.07) is -6.63. The van der Waals surface area contributed by atoms with Crippen LogP contribution in [0, 0.1) is 0 Å². The van der Waals surface area contributed by atoms with Crippen LogP contribution in [-0.2, 0) is 19.2 Å². The van der Waals surface area contributed by atoms with Crippen molar-refractivity contribution in [3.63, 3.8) is 0 Å². The highest BCUT2D eigenvalue weighted by atomic mass is 16.4. The minimum atomic E-state index is -3.00. The van der Waals surface area contributed by atoms with Crippen LogP contribution in [-0.4, -0.2) is 53.0 Å². The van der Waals surface area contributed by atoms with Crippen molar-refractivity contribution >= 4 is 23.7 Å². The molecule has 0 aromatic rings. The Hall–Kier alpha value is -2.16. The summed E-state index contributed by atoms with van der Waals surface area (Å²) >= 11 is 0. The Morgan fingerprint density at radius 1 is 0.905 bits per heavy atom. The van der Waals surface area contributed by atoms with E-state index in [-0.39, 0.29) is 0 Å². The number of carboxylic acids is 1. The van der Waals surface area contributed by atoms with Gasteiger partial charge in [-0.1, -0.05) is 0 Å². The second-order valence-corrected chi connectivity index (χ2v) is 4.22. The number of rotatable bonds is 7. The highest BCUT2D eigenvalue weighted by Crippen LogP contribution is 1.91. The molecule has 0 fully saturated rings. The van der Waals surface area contributed by atoms with Crippen LogP contribution in [0.25, 0.3) is 0 Å². The maximum atomic E-state index is 12.0. The molecule has 0 rings (SSSR count). The lowest BCUT2D eigenvalue weighted by Crippen LogP contribution is -2.54. The number of hydrogen-bond donors (Lipinski definition) is 5. The molecule has 9 heteroatoms. The van der Waals surface area contributed by atoms with E-state index in [1.807, 2.05) is 0 Å². The van der Waals surface area contributed by atoms with Crippen molar-refractivity contribution in [3.05, 3.63) is 0 Å². The summed E-state index contributed by atoms with van der Waals surface area (Å²) in [6.07, 6.45) is 0. The van der Waals surface area contributed by atoms with Crippen LogP contribution in [0.1, 0.15) is 35.8 Å². The largest absolute Gasteiger partial charge is 0.480 e. The van der Waals surface area contributed by atoms with Crippen molar-refractivity contribution in [1.82, 2.24) is 16.0 Å². The molecule has 0 aliphatic heterocycles. The molecule has 0 aromatic carbocycles. The number of carbonyl (C=O) groups is 4. The first kappa shape index (κ1) is 10.6. The van der Waals surface area contributed by atoms with Crippen LogP contribution in [0.4, 0.5) is 0 Å². The molecular weight excluding hydrogens is 280 g/mol. The monoisotopic (exact) mass is 308 g/mol. The summed E-state index contributed by atoms with van der Waals surface area (Å²) in [6.45, 7) is -3.41. The summed E-state index contributed by atoms with van der Waals surface area (Å²) < 4.78 is 42.3. The van der Waals surface area contributed by atoms with E-state index in [9.17, 15) is 19.2 Å². The molecule has 0 radical (unpaired) electrons. The second-order valence-electron chi connectivity index (χ2n) is 4.22. The molecule has 9 nitrogen and oxygen atoms in total. The van der Waals surface area contributed by atoms with Crippen LogP contribution in [0.2, 0.25) is 0 Å².